The Labute approximate surface area is 205 Å². The molecule has 1 atom stereocenters. The number of rotatable bonds is 3. The van der Waals surface area contributed by atoms with Crippen molar-refractivity contribution in [1.29, 1.82) is 0 Å². The molecule has 4 heterocycles. The molecule has 0 aliphatic carbocycles. The minimum atomic E-state index is -0.250. The summed E-state index contributed by atoms with van der Waals surface area (Å²) in [4.78, 5) is 25.2. The number of fused-ring (bicyclic) bond motifs is 2. The largest absolute Gasteiger partial charge is 0.487 e. The SMILES string of the molecule is CN1CCC2(CC1)C[C@H](NC(=O)c1cc(-c3cccnc3)nc3ccccc13)c1ccccc1O2. The monoisotopic (exact) mass is 464 g/mol. The average molecular weight is 465 g/mol. The number of amides is 1. The van der Waals surface area contributed by atoms with E-state index in [-0.39, 0.29) is 17.6 Å². The first-order valence-corrected chi connectivity index (χ1v) is 12.2. The summed E-state index contributed by atoms with van der Waals surface area (Å²) in [6, 6.07) is 21.5. The van der Waals surface area contributed by atoms with Crippen LogP contribution in [0.2, 0.25) is 0 Å². The zero-order chi connectivity index (χ0) is 23.8. The smallest absolute Gasteiger partial charge is 0.252 e. The molecule has 1 spiro atoms. The number of carbonyl (C=O) groups is 1. The third kappa shape index (κ3) is 4.15. The van der Waals surface area contributed by atoms with E-state index in [0.29, 0.717) is 5.56 Å². The molecular weight excluding hydrogens is 436 g/mol. The van der Waals surface area contributed by atoms with E-state index in [1.807, 2.05) is 60.7 Å². The van der Waals surface area contributed by atoms with E-state index >= 15 is 0 Å². The number of nitrogens with zero attached hydrogens (tertiary/aromatic N) is 3. The van der Waals surface area contributed by atoms with E-state index in [4.69, 9.17) is 9.72 Å². The summed E-state index contributed by atoms with van der Waals surface area (Å²) in [6.07, 6.45) is 6.18. The maximum absolute atomic E-state index is 13.8. The number of pyridine rings is 2. The fourth-order valence-electron chi connectivity index (χ4n) is 5.34. The highest BCUT2D eigenvalue weighted by Gasteiger charge is 2.43. The standard InChI is InChI=1S/C29H28N4O2/c1-33-15-12-29(13-16-33)18-26(22-9-3-5-11-27(22)35-29)32-28(34)23-17-25(20-7-6-14-30-19-20)31-24-10-4-2-8-21(23)24/h2-11,14,17,19,26H,12-13,15-16,18H2,1H3,(H,32,34)/t26-/m0/s1. The van der Waals surface area contributed by atoms with E-state index in [2.05, 4.69) is 28.3 Å². The summed E-state index contributed by atoms with van der Waals surface area (Å²) in [5.41, 5.74) is 3.82. The number of aromatic nitrogens is 2. The van der Waals surface area contributed by atoms with Crippen LogP contribution in [0.1, 0.15) is 41.2 Å². The summed E-state index contributed by atoms with van der Waals surface area (Å²) < 4.78 is 6.58. The van der Waals surface area contributed by atoms with Gasteiger partial charge in [-0.05, 0) is 50.2 Å². The maximum Gasteiger partial charge on any atom is 0.252 e. The Morgan fingerprint density at radius 2 is 1.86 bits per heavy atom. The molecule has 2 aliphatic heterocycles. The molecule has 6 nitrogen and oxygen atoms in total. The molecule has 2 aromatic carbocycles. The van der Waals surface area contributed by atoms with Gasteiger partial charge >= 0.3 is 0 Å². The number of para-hydroxylation sites is 2. The van der Waals surface area contributed by atoms with Crippen LogP contribution in [0, 0.1) is 0 Å². The normalized spacial score (nSPS) is 19.2. The maximum atomic E-state index is 13.8. The molecule has 1 amide bonds. The van der Waals surface area contributed by atoms with Crippen molar-refractivity contribution in [2.24, 2.45) is 0 Å². The van der Waals surface area contributed by atoms with Crippen LogP contribution in [0.3, 0.4) is 0 Å². The van der Waals surface area contributed by atoms with Crippen LogP contribution < -0.4 is 10.1 Å². The van der Waals surface area contributed by atoms with Crippen molar-refractivity contribution < 1.29 is 9.53 Å². The molecule has 35 heavy (non-hydrogen) atoms. The van der Waals surface area contributed by atoms with Crippen molar-refractivity contribution >= 4 is 16.8 Å². The van der Waals surface area contributed by atoms with Crippen molar-refractivity contribution in [2.75, 3.05) is 20.1 Å². The van der Waals surface area contributed by atoms with E-state index in [1.165, 1.54) is 0 Å². The summed E-state index contributed by atoms with van der Waals surface area (Å²) >= 11 is 0. The van der Waals surface area contributed by atoms with Gasteiger partial charge in [0.25, 0.3) is 5.91 Å². The third-order valence-electron chi connectivity index (χ3n) is 7.32. The molecule has 0 unspecified atom stereocenters. The Morgan fingerprint density at radius 3 is 2.69 bits per heavy atom. The second-order valence-corrected chi connectivity index (χ2v) is 9.67. The molecule has 6 rings (SSSR count). The fraction of sp³-hybridized carbons (Fsp3) is 0.276. The van der Waals surface area contributed by atoms with Crippen molar-refractivity contribution in [3.05, 3.63) is 90.3 Å². The highest BCUT2D eigenvalue weighted by atomic mass is 16.5. The van der Waals surface area contributed by atoms with Gasteiger partial charge in [-0.25, -0.2) is 4.98 Å². The highest BCUT2D eigenvalue weighted by molar-refractivity contribution is 6.07. The number of hydrogen-bond donors (Lipinski definition) is 1. The Hall–Kier alpha value is -3.77. The van der Waals surface area contributed by atoms with Crippen LogP contribution >= 0.6 is 0 Å². The molecule has 1 N–H and O–H groups in total. The van der Waals surface area contributed by atoms with E-state index in [9.17, 15) is 4.79 Å². The highest BCUT2D eigenvalue weighted by Crippen LogP contribution is 2.44. The number of benzene rings is 2. The second-order valence-electron chi connectivity index (χ2n) is 9.67. The lowest BCUT2D eigenvalue weighted by atomic mass is 9.80. The van der Waals surface area contributed by atoms with Crippen molar-refractivity contribution in [2.45, 2.75) is 30.9 Å². The van der Waals surface area contributed by atoms with Gasteiger partial charge < -0.3 is 15.0 Å². The molecule has 2 aromatic heterocycles. The predicted octanol–water partition coefficient (Wildman–Crippen LogP) is 5.01. The van der Waals surface area contributed by atoms with Gasteiger partial charge in [-0.3, -0.25) is 9.78 Å². The zero-order valence-electron chi connectivity index (χ0n) is 19.8. The van der Waals surface area contributed by atoms with Crippen LogP contribution in [0.15, 0.2) is 79.1 Å². The van der Waals surface area contributed by atoms with Crippen LogP contribution in [0.25, 0.3) is 22.2 Å². The third-order valence-corrected chi connectivity index (χ3v) is 7.32. The molecule has 0 bridgehead atoms. The molecule has 6 heteroatoms. The number of carbonyl (C=O) groups excluding carboxylic acids is 1. The van der Waals surface area contributed by atoms with Crippen molar-refractivity contribution in [1.82, 2.24) is 20.2 Å². The number of ether oxygens (including phenoxy) is 1. The summed E-state index contributed by atoms with van der Waals surface area (Å²) in [6.45, 7) is 1.98. The van der Waals surface area contributed by atoms with Gasteiger partial charge in [0.2, 0.25) is 0 Å². The first-order chi connectivity index (χ1) is 17.1. The van der Waals surface area contributed by atoms with Gasteiger partial charge in [0.05, 0.1) is 22.8 Å². The van der Waals surface area contributed by atoms with Crippen LogP contribution in [-0.2, 0) is 0 Å². The van der Waals surface area contributed by atoms with E-state index in [1.54, 1.807) is 12.4 Å². The van der Waals surface area contributed by atoms with Crippen LogP contribution in [0.5, 0.6) is 5.75 Å². The predicted molar refractivity (Wildman–Crippen MR) is 136 cm³/mol. The Bertz CT molecular complexity index is 1380. The lowest BCUT2D eigenvalue weighted by Crippen LogP contribution is -2.51. The Morgan fingerprint density at radius 1 is 1.06 bits per heavy atom. The summed E-state index contributed by atoms with van der Waals surface area (Å²) in [7, 11) is 2.15. The fourth-order valence-corrected chi connectivity index (χ4v) is 5.34. The first-order valence-electron chi connectivity index (χ1n) is 12.2. The second kappa shape index (κ2) is 8.78. The number of hydrogen-bond acceptors (Lipinski definition) is 5. The Balaban J connectivity index is 1.37. The lowest BCUT2D eigenvalue weighted by molar-refractivity contribution is -0.0195. The molecular formula is C29H28N4O2. The molecule has 4 aromatic rings. The number of nitrogens with one attached hydrogen (secondary N) is 1. The van der Waals surface area contributed by atoms with Gasteiger partial charge in [-0.2, -0.15) is 0 Å². The molecule has 0 radical (unpaired) electrons. The summed E-state index contributed by atoms with van der Waals surface area (Å²) in [5.74, 6) is 0.780. The van der Waals surface area contributed by atoms with Crippen LogP contribution in [0.4, 0.5) is 0 Å². The topological polar surface area (TPSA) is 67.4 Å². The zero-order valence-corrected chi connectivity index (χ0v) is 19.8. The quantitative estimate of drug-likeness (QED) is 0.461. The average Bonchev–Trinajstić information content (AvgIpc) is 2.90. The van der Waals surface area contributed by atoms with Crippen molar-refractivity contribution in [3.8, 4) is 17.0 Å². The Kier molecular flexibility index (Phi) is 5.46. The van der Waals surface area contributed by atoms with Crippen LogP contribution in [-0.4, -0.2) is 46.5 Å². The molecule has 0 saturated carbocycles. The number of likely N-dealkylation sites (tertiary alicyclic amines) is 1. The molecule has 1 fully saturated rings. The van der Waals surface area contributed by atoms with Gasteiger partial charge in [0, 0.05) is 48.4 Å². The van der Waals surface area contributed by atoms with E-state index < -0.39 is 0 Å². The van der Waals surface area contributed by atoms with Gasteiger partial charge in [0.1, 0.15) is 11.4 Å². The minimum Gasteiger partial charge on any atom is -0.487 e. The lowest BCUT2D eigenvalue weighted by Gasteiger charge is -2.46. The number of piperidine rings is 1. The molecule has 2 aliphatic rings. The molecule has 1 saturated heterocycles. The van der Waals surface area contributed by atoms with Crippen molar-refractivity contribution in [3.63, 3.8) is 0 Å². The van der Waals surface area contributed by atoms with Gasteiger partial charge in [-0.1, -0.05) is 36.4 Å². The molecule has 176 valence electrons. The van der Waals surface area contributed by atoms with Gasteiger partial charge in [-0.15, -0.1) is 0 Å². The first kappa shape index (κ1) is 21.7. The van der Waals surface area contributed by atoms with E-state index in [0.717, 1.165) is 65.8 Å². The van der Waals surface area contributed by atoms with Gasteiger partial charge in [0.15, 0.2) is 0 Å². The summed E-state index contributed by atoms with van der Waals surface area (Å²) in [5, 5.41) is 4.21. The minimum absolute atomic E-state index is 0.0986.